The first kappa shape index (κ1) is 13.3. The van der Waals surface area contributed by atoms with E-state index in [0.717, 1.165) is 0 Å². The lowest BCUT2D eigenvalue weighted by Gasteiger charge is -2.06. The van der Waals surface area contributed by atoms with Crippen LogP contribution in [0.3, 0.4) is 0 Å². The second-order valence-corrected chi connectivity index (χ2v) is 5.42. The van der Waals surface area contributed by atoms with Crippen molar-refractivity contribution in [2.45, 2.75) is 11.3 Å². The highest BCUT2D eigenvalue weighted by molar-refractivity contribution is 7.89. The van der Waals surface area contributed by atoms with Gasteiger partial charge in [0, 0.05) is 19.2 Å². The Morgan fingerprint density at radius 3 is 2.89 bits per heavy atom. The summed E-state index contributed by atoms with van der Waals surface area (Å²) >= 11 is 0. The molecule has 1 N–H and O–H groups in total. The van der Waals surface area contributed by atoms with E-state index in [4.69, 9.17) is 9.68 Å². The van der Waals surface area contributed by atoms with Gasteiger partial charge in [-0.2, -0.15) is 5.26 Å². The van der Waals surface area contributed by atoms with Gasteiger partial charge in [-0.3, -0.25) is 0 Å². The molecule has 0 saturated carbocycles. The smallest absolute Gasteiger partial charge is 0.243 e. The van der Waals surface area contributed by atoms with Crippen molar-refractivity contribution < 1.29 is 12.8 Å². The Labute approximate surface area is 110 Å². The number of hydrogen-bond acceptors (Lipinski definition) is 5. The summed E-state index contributed by atoms with van der Waals surface area (Å²) in [7, 11) is -3.73. The molecule has 0 atom stereocenters. The average Bonchev–Trinajstić information content (AvgIpc) is 2.91. The number of nitriles is 1. The molecule has 0 fully saturated rings. The number of sulfonamides is 1. The zero-order valence-corrected chi connectivity index (χ0v) is 10.7. The van der Waals surface area contributed by atoms with E-state index in [-0.39, 0.29) is 17.1 Å². The lowest BCUT2D eigenvalue weighted by Crippen LogP contribution is -2.26. The van der Waals surface area contributed by atoms with Gasteiger partial charge in [0.1, 0.15) is 16.7 Å². The molecule has 2 aromatic heterocycles. The average molecular weight is 277 g/mol. The Morgan fingerprint density at radius 1 is 1.37 bits per heavy atom. The van der Waals surface area contributed by atoms with Gasteiger partial charge in [0.25, 0.3) is 0 Å². The van der Waals surface area contributed by atoms with Crippen LogP contribution in [0.15, 0.2) is 46.0 Å². The van der Waals surface area contributed by atoms with Crippen molar-refractivity contribution in [1.82, 2.24) is 9.71 Å². The van der Waals surface area contributed by atoms with E-state index >= 15 is 0 Å². The highest BCUT2D eigenvalue weighted by Gasteiger charge is 2.18. The van der Waals surface area contributed by atoms with Gasteiger partial charge >= 0.3 is 0 Å². The minimum absolute atomic E-state index is 0.114. The Morgan fingerprint density at radius 2 is 2.21 bits per heavy atom. The van der Waals surface area contributed by atoms with Crippen LogP contribution in [0.5, 0.6) is 0 Å². The first-order valence-corrected chi connectivity index (χ1v) is 6.99. The summed E-state index contributed by atoms with van der Waals surface area (Å²) in [6.07, 6.45) is 3.34. The number of rotatable bonds is 5. The van der Waals surface area contributed by atoms with Crippen LogP contribution in [0, 0.1) is 11.3 Å². The van der Waals surface area contributed by atoms with Crippen molar-refractivity contribution in [2.24, 2.45) is 0 Å². The minimum atomic E-state index is -3.73. The van der Waals surface area contributed by atoms with Crippen molar-refractivity contribution in [3.05, 3.63) is 48.2 Å². The van der Waals surface area contributed by atoms with Crippen LogP contribution < -0.4 is 4.72 Å². The predicted molar refractivity (Wildman–Crippen MR) is 66.6 cm³/mol. The molecule has 6 nitrogen and oxygen atoms in total. The molecule has 0 bridgehead atoms. The molecule has 0 aromatic carbocycles. The third-order valence-electron chi connectivity index (χ3n) is 2.41. The second kappa shape index (κ2) is 5.65. The van der Waals surface area contributed by atoms with Gasteiger partial charge in [0.15, 0.2) is 5.69 Å². The standard InChI is InChI=1S/C12H11N3O3S/c13-9-11-12(4-1-6-14-11)19(16,17)15-7-5-10-3-2-8-18-10/h1-4,6,8,15H,5,7H2. The van der Waals surface area contributed by atoms with Gasteiger partial charge in [0.2, 0.25) is 10.0 Å². The van der Waals surface area contributed by atoms with Crippen LogP contribution in [0.4, 0.5) is 0 Å². The van der Waals surface area contributed by atoms with Gasteiger partial charge in [-0.05, 0) is 24.3 Å². The summed E-state index contributed by atoms with van der Waals surface area (Å²) in [5, 5.41) is 8.84. The Hall–Kier alpha value is -2.17. The largest absolute Gasteiger partial charge is 0.469 e. The number of pyridine rings is 1. The van der Waals surface area contributed by atoms with E-state index in [1.165, 1.54) is 24.6 Å². The van der Waals surface area contributed by atoms with E-state index in [9.17, 15) is 8.42 Å². The van der Waals surface area contributed by atoms with Crippen molar-refractivity contribution in [3.8, 4) is 6.07 Å². The maximum atomic E-state index is 12.0. The monoisotopic (exact) mass is 277 g/mol. The molecule has 98 valence electrons. The first-order chi connectivity index (χ1) is 9.13. The third-order valence-corrected chi connectivity index (χ3v) is 3.90. The fourth-order valence-corrected chi connectivity index (χ4v) is 2.67. The van der Waals surface area contributed by atoms with Crippen LogP contribution >= 0.6 is 0 Å². The molecule has 0 unspecified atom stereocenters. The van der Waals surface area contributed by atoms with Crippen LogP contribution in [-0.2, 0) is 16.4 Å². The molecule has 0 radical (unpaired) electrons. The molecule has 0 aliphatic carbocycles. The highest BCUT2D eigenvalue weighted by Crippen LogP contribution is 2.11. The van der Waals surface area contributed by atoms with E-state index in [1.54, 1.807) is 18.2 Å². The molecule has 0 spiro atoms. The molecule has 0 aliphatic rings. The maximum absolute atomic E-state index is 12.0. The number of hydrogen-bond donors (Lipinski definition) is 1. The third kappa shape index (κ3) is 3.19. The van der Waals surface area contributed by atoms with E-state index in [2.05, 4.69) is 9.71 Å². The van der Waals surface area contributed by atoms with Crippen molar-refractivity contribution in [3.63, 3.8) is 0 Å². The molecular formula is C12H11N3O3S. The van der Waals surface area contributed by atoms with Gasteiger partial charge in [-0.25, -0.2) is 18.1 Å². The zero-order chi connectivity index (χ0) is 13.7. The number of nitrogens with one attached hydrogen (secondary N) is 1. The zero-order valence-electron chi connectivity index (χ0n) is 9.91. The molecule has 2 aromatic rings. The Balaban J connectivity index is 2.08. The number of nitrogens with zero attached hydrogens (tertiary/aromatic N) is 2. The predicted octanol–water partition coefficient (Wildman–Crippen LogP) is 1.07. The topological polar surface area (TPSA) is 96.0 Å². The molecular weight excluding hydrogens is 266 g/mol. The summed E-state index contributed by atoms with van der Waals surface area (Å²) in [4.78, 5) is 3.61. The summed E-state index contributed by atoms with van der Waals surface area (Å²) in [5.41, 5.74) is -0.118. The van der Waals surface area contributed by atoms with Crippen molar-refractivity contribution >= 4 is 10.0 Å². The lowest BCUT2D eigenvalue weighted by atomic mass is 10.3. The maximum Gasteiger partial charge on any atom is 0.243 e. The molecule has 0 aliphatic heterocycles. The minimum Gasteiger partial charge on any atom is -0.469 e. The molecule has 0 saturated heterocycles. The van der Waals surface area contributed by atoms with Crippen molar-refractivity contribution in [2.75, 3.05) is 6.54 Å². The van der Waals surface area contributed by atoms with E-state index in [0.29, 0.717) is 12.2 Å². The van der Waals surface area contributed by atoms with Gasteiger partial charge < -0.3 is 4.42 Å². The SMILES string of the molecule is N#Cc1ncccc1S(=O)(=O)NCCc1ccco1. The first-order valence-electron chi connectivity index (χ1n) is 5.50. The molecule has 2 rings (SSSR count). The molecule has 2 heterocycles. The highest BCUT2D eigenvalue weighted by atomic mass is 32.2. The van der Waals surface area contributed by atoms with Gasteiger partial charge in [0.05, 0.1) is 6.26 Å². The fourth-order valence-electron chi connectivity index (χ4n) is 1.53. The van der Waals surface area contributed by atoms with Crippen LogP contribution in [-0.4, -0.2) is 19.9 Å². The normalized spacial score (nSPS) is 11.1. The number of aromatic nitrogens is 1. The summed E-state index contributed by atoms with van der Waals surface area (Å²) < 4.78 is 31.5. The Kier molecular flexibility index (Phi) is 3.94. The molecule has 7 heteroatoms. The number of furan rings is 1. The molecule has 0 amide bonds. The van der Waals surface area contributed by atoms with Crippen LogP contribution in [0.2, 0.25) is 0 Å². The van der Waals surface area contributed by atoms with E-state index in [1.807, 2.05) is 0 Å². The van der Waals surface area contributed by atoms with Crippen LogP contribution in [0.1, 0.15) is 11.5 Å². The summed E-state index contributed by atoms with van der Waals surface area (Å²) in [6.45, 7) is 0.190. The van der Waals surface area contributed by atoms with Gasteiger partial charge in [-0.15, -0.1) is 0 Å². The lowest BCUT2D eigenvalue weighted by molar-refractivity contribution is 0.506. The fraction of sp³-hybridized carbons (Fsp3) is 0.167. The Bertz CT molecular complexity index is 687. The van der Waals surface area contributed by atoms with Crippen LogP contribution in [0.25, 0.3) is 0 Å². The quantitative estimate of drug-likeness (QED) is 0.881. The molecule has 19 heavy (non-hydrogen) atoms. The van der Waals surface area contributed by atoms with Gasteiger partial charge in [-0.1, -0.05) is 0 Å². The summed E-state index contributed by atoms with van der Waals surface area (Å²) in [6, 6.07) is 8.08. The second-order valence-electron chi connectivity index (χ2n) is 3.69. The van der Waals surface area contributed by atoms with E-state index < -0.39 is 10.0 Å². The summed E-state index contributed by atoms with van der Waals surface area (Å²) in [5.74, 6) is 0.689. The van der Waals surface area contributed by atoms with Crippen molar-refractivity contribution in [1.29, 1.82) is 5.26 Å².